The Balaban J connectivity index is 2.64. The summed E-state index contributed by atoms with van der Waals surface area (Å²) in [6.45, 7) is 2.34. The fourth-order valence-corrected chi connectivity index (χ4v) is 1.37. The Morgan fingerprint density at radius 2 is 2.21 bits per heavy atom. The first-order valence-corrected chi connectivity index (χ1v) is 4.66. The number of nitrogens with zero attached hydrogens (tertiary/aromatic N) is 3. The van der Waals surface area contributed by atoms with E-state index in [9.17, 15) is 4.79 Å². The van der Waals surface area contributed by atoms with Crippen LogP contribution >= 0.6 is 9.39 Å². The molecule has 0 aromatic heterocycles. The van der Waals surface area contributed by atoms with E-state index in [1.54, 1.807) is 13.1 Å². The highest BCUT2D eigenvalue weighted by Gasteiger charge is 2.20. The average Bonchev–Trinajstić information content (AvgIpc) is 2.28. The predicted molar refractivity (Wildman–Crippen MR) is 57.4 cm³/mol. The molecule has 0 bridgehead atoms. The van der Waals surface area contributed by atoms with Crippen LogP contribution in [0, 0.1) is 0 Å². The van der Waals surface area contributed by atoms with Gasteiger partial charge in [0.1, 0.15) is 0 Å². The third-order valence-electron chi connectivity index (χ3n) is 1.52. The van der Waals surface area contributed by atoms with Crippen LogP contribution in [0.2, 0.25) is 0 Å². The van der Waals surface area contributed by atoms with Gasteiger partial charge in [0.2, 0.25) is 0 Å². The Hall–Kier alpha value is -0.930. The van der Waals surface area contributed by atoms with Gasteiger partial charge in [-0.1, -0.05) is 9.39 Å². The lowest BCUT2D eigenvalue weighted by Crippen LogP contribution is -2.23. The highest BCUT2D eigenvalue weighted by atomic mass is 31.0. The number of carbonyl (C=O) groups is 1. The van der Waals surface area contributed by atoms with E-state index in [-0.39, 0.29) is 5.97 Å². The van der Waals surface area contributed by atoms with Crippen LogP contribution < -0.4 is 0 Å². The molecule has 1 atom stereocenters. The Morgan fingerprint density at radius 1 is 1.57 bits per heavy atom. The molecule has 1 heterocycles. The van der Waals surface area contributed by atoms with Gasteiger partial charge in [-0.15, -0.1) is 0 Å². The maximum absolute atomic E-state index is 11.2. The summed E-state index contributed by atoms with van der Waals surface area (Å²) in [6.07, 6.45) is 1.67. The van der Waals surface area contributed by atoms with Crippen LogP contribution in [-0.2, 0) is 9.53 Å². The van der Waals surface area contributed by atoms with E-state index in [4.69, 9.17) is 4.74 Å². The Labute approximate surface area is 85.7 Å². The number of carbonyl (C=O) groups excluding carboxylic acids is 1. The third kappa shape index (κ3) is 3.09. The van der Waals surface area contributed by atoms with E-state index in [1.807, 2.05) is 23.7 Å². The van der Waals surface area contributed by atoms with Crippen LogP contribution in [0.3, 0.4) is 0 Å². The van der Waals surface area contributed by atoms with Gasteiger partial charge in [0.15, 0.2) is 11.6 Å². The van der Waals surface area contributed by atoms with Gasteiger partial charge in [0.25, 0.3) is 0 Å². The quantitative estimate of drug-likeness (QED) is 0.296. The minimum atomic E-state index is -0.388. The molecule has 0 saturated heterocycles. The van der Waals surface area contributed by atoms with E-state index in [1.165, 1.54) is 0 Å². The van der Waals surface area contributed by atoms with Gasteiger partial charge < -0.3 is 9.64 Å². The first kappa shape index (κ1) is 11.1. The van der Waals surface area contributed by atoms with Crippen molar-refractivity contribution >= 4 is 21.3 Å². The maximum atomic E-state index is 11.2. The molecular formula is C8H14N3O2P. The number of cyclic esters (lactones) is 1. The molecule has 0 amide bonds. The molecule has 1 aliphatic heterocycles. The van der Waals surface area contributed by atoms with Crippen molar-refractivity contribution in [3.8, 4) is 0 Å². The van der Waals surface area contributed by atoms with Crippen molar-refractivity contribution in [2.24, 2.45) is 4.99 Å². The van der Waals surface area contributed by atoms with Gasteiger partial charge in [-0.3, -0.25) is 4.67 Å². The van der Waals surface area contributed by atoms with E-state index >= 15 is 0 Å². The first-order chi connectivity index (χ1) is 6.49. The lowest BCUT2D eigenvalue weighted by atomic mass is 10.5. The molecule has 0 spiro atoms. The molecule has 78 valence electrons. The second kappa shape index (κ2) is 4.53. The van der Waals surface area contributed by atoms with Crippen molar-refractivity contribution in [3.63, 3.8) is 0 Å². The minimum absolute atomic E-state index is 0.344. The van der Waals surface area contributed by atoms with Crippen molar-refractivity contribution in [3.05, 3.63) is 11.9 Å². The van der Waals surface area contributed by atoms with E-state index in [2.05, 4.69) is 14.4 Å². The monoisotopic (exact) mass is 215 g/mol. The number of esters is 1. The zero-order valence-electron chi connectivity index (χ0n) is 8.52. The third-order valence-corrected chi connectivity index (χ3v) is 1.68. The number of hydrogen-bond acceptors (Lipinski definition) is 5. The summed E-state index contributed by atoms with van der Waals surface area (Å²) in [5.74, 6) is 0.00892. The molecule has 1 aliphatic rings. The van der Waals surface area contributed by atoms with Gasteiger partial charge in [-0.2, -0.15) is 0 Å². The number of aliphatic imine (C=N–C) groups is 1. The number of rotatable bonds is 3. The van der Waals surface area contributed by atoms with Crippen LogP contribution in [0.25, 0.3) is 0 Å². The molecule has 0 aromatic rings. The van der Waals surface area contributed by atoms with Crippen LogP contribution in [0.4, 0.5) is 0 Å². The van der Waals surface area contributed by atoms with Crippen LogP contribution in [0.5, 0.6) is 0 Å². The van der Waals surface area contributed by atoms with Crippen molar-refractivity contribution in [2.75, 3.05) is 20.8 Å². The van der Waals surface area contributed by atoms with Gasteiger partial charge >= 0.3 is 5.97 Å². The summed E-state index contributed by atoms with van der Waals surface area (Å²) in [6, 6.07) is 0. The fourth-order valence-electron chi connectivity index (χ4n) is 1.11. The highest BCUT2D eigenvalue weighted by Crippen LogP contribution is 2.11. The zero-order valence-corrected chi connectivity index (χ0v) is 9.67. The minimum Gasteiger partial charge on any atom is -0.407 e. The van der Waals surface area contributed by atoms with Crippen LogP contribution in [0.15, 0.2) is 16.9 Å². The summed E-state index contributed by atoms with van der Waals surface area (Å²) in [5, 5.41) is 0. The van der Waals surface area contributed by atoms with Gasteiger partial charge in [0.05, 0.1) is 6.67 Å². The van der Waals surface area contributed by atoms with E-state index in [0.717, 1.165) is 0 Å². The lowest BCUT2D eigenvalue weighted by Gasteiger charge is -2.18. The SMILES string of the molecule is CC1=N/C(=C\N(C)CN(C)P)C(=O)O1. The molecule has 0 fully saturated rings. The molecule has 0 radical (unpaired) electrons. The smallest absolute Gasteiger partial charge is 0.365 e. The Morgan fingerprint density at radius 3 is 2.64 bits per heavy atom. The molecule has 0 aromatic carbocycles. The normalized spacial score (nSPS) is 18.8. The summed E-state index contributed by atoms with van der Waals surface area (Å²) in [7, 11) is 6.32. The molecule has 1 unspecified atom stereocenters. The Bertz CT molecular complexity index is 299. The van der Waals surface area contributed by atoms with E-state index < -0.39 is 0 Å². The summed E-state index contributed by atoms with van der Waals surface area (Å²) in [4.78, 5) is 17.0. The maximum Gasteiger partial charge on any atom is 0.365 e. The molecule has 6 heteroatoms. The molecular weight excluding hydrogens is 201 g/mol. The summed E-state index contributed by atoms with van der Waals surface area (Å²) < 4.78 is 6.69. The van der Waals surface area contributed by atoms with Crippen molar-refractivity contribution < 1.29 is 9.53 Å². The number of ether oxygens (including phenoxy) is 1. The van der Waals surface area contributed by atoms with E-state index in [0.29, 0.717) is 18.3 Å². The predicted octanol–water partition coefficient (Wildman–Crippen LogP) is 0.414. The van der Waals surface area contributed by atoms with Gasteiger partial charge in [-0.05, 0) is 7.05 Å². The summed E-state index contributed by atoms with van der Waals surface area (Å²) >= 11 is 0. The molecule has 14 heavy (non-hydrogen) atoms. The molecule has 0 N–H and O–H groups in total. The topological polar surface area (TPSA) is 45.1 Å². The Kier molecular flexibility index (Phi) is 3.61. The molecule has 0 aliphatic carbocycles. The van der Waals surface area contributed by atoms with Crippen molar-refractivity contribution in [2.45, 2.75) is 6.92 Å². The second-order valence-electron chi connectivity index (χ2n) is 3.19. The molecule has 1 rings (SSSR count). The standard InChI is InChI=1S/C8H14N3O2P/c1-6-9-7(8(12)13-6)4-10(2)5-11(3)14/h4H,5,14H2,1-3H3/b7-4-. The zero-order chi connectivity index (χ0) is 10.7. The fraction of sp³-hybridized carbons (Fsp3) is 0.500. The number of hydrogen-bond donors (Lipinski definition) is 0. The van der Waals surface area contributed by atoms with Crippen molar-refractivity contribution in [1.82, 2.24) is 9.57 Å². The van der Waals surface area contributed by atoms with Crippen LogP contribution in [0.1, 0.15) is 6.92 Å². The van der Waals surface area contributed by atoms with Crippen LogP contribution in [-0.4, -0.2) is 42.2 Å². The largest absolute Gasteiger partial charge is 0.407 e. The first-order valence-electron chi connectivity index (χ1n) is 4.14. The van der Waals surface area contributed by atoms with Gasteiger partial charge in [0, 0.05) is 20.2 Å². The summed E-state index contributed by atoms with van der Waals surface area (Å²) in [5.41, 5.74) is 0.344. The highest BCUT2D eigenvalue weighted by molar-refractivity contribution is 7.13. The lowest BCUT2D eigenvalue weighted by molar-refractivity contribution is -0.130. The van der Waals surface area contributed by atoms with Gasteiger partial charge in [-0.25, -0.2) is 9.79 Å². The average molecular weight is 215 g/mol. The van der Waals surface area contributed by atoms with Crippen molar-refractivity contribution in [1.29, 1.82) is 0 Å². The molecule has 5 nitrogen and oxygen atoms in total. The second-order valence-corrected chi connectivity index (χ2v) is 4.07. The molecule has 0 saturated carbocycles.